The number of aryl methyl sites for hydroxylation is 2. The molecular weight excluding hydrogens is 429 g/mol. The number of hydrogen-bond donors (Lipinski definition) is 0. The number of imidazole rings is 1. The number of halogens is 1. The van der Waals surface area contributed by atoms with Crippen LogP contribution in [0.2, 0.25) is 0 Å². The minimum atomic E-state index is -0.596. The number of fused-ring (bicyclic) bond motifs is 5. The van der Waals surface area contributed by atoms with Crippen LogP contribution in [0.3, 0.4) is 0 Å². The molecule has 13 heteroatoms. The lowest BCUT2D eigenvalue weighted by molar-refractivity contribution is -0.392. The number of aromatic nitrogens is 6. The van der Waals surface area contributed by atoms with Crippen LogP contribution in [-0.4, -0.2) is 33.6 Å². The third-order valence-electron chi connectivity index (χ3n) is 4.83. The van der Waals surface area contributed by atoms with Crippen molar-refractivity contribution in [1.82, 2.24) is 28.7 Å². The van der Waals surface area contributed by atoms with Gasteiger partial charge in [-0.1, -0.05) is 13.0 Å². The van der Waals surface area contributed by atoms with E-state index in [0.29, 0.717) is 13.0 Å². The molecule has 0 aliphatic heterocycles. The fourth-order valence-electron chi connectivity index (χ4n) is 3.52. The molecule has 0 aliphatic rings. The van der Waals surface area contributed by atoms with Crippen LogP contribution in [0.1, 0.15) is 13.3 Å². The number of benzene rings is 1. The summed E-state index contributed by atoms with van der Waals surface area (Å²) in [5.41, 5.74) is -0.103. The summed E-state index contributed by atoms with van der Waals surface area (Å²) in [5.74, 6) is -0.718. The van der Waals surface area contributed by atoms with Crippen molar-refractivity contribution in [2.45, 2.75) is 30.1 Å². The van der Waals surface area contributed by atoms with Gasteiger partial charge in [0, 0.05) is 13.6 Å². The van der Waals surface area contributed by atoms with E-state index >= 15 is 0 Å². The van der Waals surface area contributed by atoms with Gasteiger partial charge in [-0.2, -0.15) is 0 Å². The molecule has 0 atom stereocenters. The molecule has 0 bridgehead atoms. The first kappa shape index (κ1) is 19.2. The molecule has 1 aromatic carbocycles. The molecule has 0 radical (unpaired) electrons. The lowest BCUT2D eigenvalue weighted by Crippen LogP contribution is -2.22. The van der Waals surface area contributed by atoms with E-state index in [1.54, 1.807) is 13.1 Å². The SMILES string of the molecule is CCCn1c(=O)c2oc3cccc(F)c3c2n2c(Sc3c([N+](=O)[O-])ncn3C)nnc12. The van der Waals surface area contributed by atoms with Crippen LogP contribution in [0.5, 0.6) is 0 Å². The summed E-state index contributed by atoms with van der Waals surface area (Å²) in [4.78, 5) is 27.7. The Bertz CT molecular complexity index is 1560. The molecule has 11 nitrogen and oxygen atoms in total. The van der Waals surface area contributed by atoms with E-state index in [9.17, 15) is 19.3 Å². The molecule has 0 unspecified atom stereocenters. The average molecular weight is 443 g/mol. The van der Waals surface area contributed by atoms with E-state index in [2.05, 4.69) is 15.2 Å². The first-order valence-electron chi connectivity index (χ1n) is 9.24. The van der Waals surface area contributed by atoms with Gasteiger partial charge in [0.2, 0.25) is 22.8 Å². The molecule has 5 aromatic rings. The zero-order valence-corrected chi connectivity index (χ0v) is 17.1. The summed E-state index contributed by atoms with van der Waals surface area (Å²) in [6.45, 7) is 2.24. The summed E-state index contributed by atoms with van der Waals surface area (Å²) >= 11 is 0.946. The van der Waals surface area contributed by atoms with E-state index in [1.807, 2.05) is 6.92 Å². The van der Waals surface area contributed by atoms with E-state index < -0.39 is 16.3 Å². The second kappa shape index (κ2) is 6.91. The van der Waals surface area contributed by atoms with Gasteiger partial charge in [0.05, 0.1) is 5.39 Å². The van der Waals surface area contributed by atoms with Crippen molar-refractivity contribution in [3.05, 3.63) is 50.8 Å². The van der Waals surface area contributed by atoms with Crippen LogP contribution in [-0.2, 0) is 13.6 Å². The largest absolute Gasteiger partial charge is 0.448 e. The first-order valence-corrected chi connectivity index (χ1v) is 10.1. The first-order chi connectivity index (χ1) is 14.9. The maximum absolute atomic E-state index is 14.8. The van der Waals surface area contributed by atoms with Crippen LogP contribution in [0.15, 0.2) is 43.9 Å². The fourth-order valence-corrected chi connectivity index (χ4v) is 4.45. The minimum absolute atomic E-state index is 0.0396. The Balaban J connectivity index is 1.90. The van der Waals surface area contributed by atoms with Gasteiger partial charge in [-0.15, -0.1) is 10.2 Å². The van der Waals surface area contributed by atoms with E-state index in [-0.39, 0.29) is 43.8 Å². The molecule has 0 fully saturated rings. The normalized spacial score (nSPS) is 11.8. The van der Waals surface area contributed by atoms with E-state index in [0.717, 1.165) is 11.8 Å². The average Bonchev–Trinajstić information content (AvgIpc) is 3.42. The van der Waals surface area contributed by atoms with Gasteiger partial charge >= 0.3 is 5.82 Å². The Hall–Kier alpha value is -3.74. The zero-order chi connectivity index (χ0) is 21.9. The number of nitrogens with zero attached hydrogens (tertiary/aromatic N) is 7. The molecule has 31 heavy (non-hydrogen) atoms. The van der Waals surface area contributed by atoms with Crippen LogP contribution in [0.4, 0.5) is 10.2 Å². The third-order valence-corrected chi connectivity index (χ3v) is 5.94. The van der Waals surface area contributed by atoms with Crippen molar-refractivity contribution in [3.8, 4) is 0 Å². The lowest BCUT2D eigenvalue weighted by Gasteiger charge is -2.08. The van der Waals surface area contributed by atoms with Gasteiger partial charge in [-0.3, -0.25) is 13.8 Å². The molecule has 158 valence electrons. The highest BCUT2D eigenvalue weighted by molar-refractivity contribution is 7.99. The quantitative estimate of drug-likeness (QED) is 0.299. The highest BCUT2D eigenvalue weighted by Crippen LogP contribution is 2.36. The van der Waals surface area contributed by atoms with Gasteiger partial charge in [0.1, 0.15) is 16.9 Å². The molecule has 0 saturated heterocycles. The minimum Gasteiger partial charge on any atom is -0.448 e. The topological polar surface area (TPSA) is 126 Å². The van der Waals surface area contributed by atoms with Gasteiger partial charge in [-0.05, 0) is 40.2 Å². The maximum atomic E-state index is 14.8. The standard InChI is InChI=1S/C18H14FN7O4S/c1-3-7-24-15(27)13-12(11-9(19)5-4-6-10(11)30-13)25-17(24)21-22-18(25)31-16-14(26(28)29)20-8-23(16)2/h4-6,8H,3,7H2,1-2H3. The van der Waals surface area contributed by atoms with Crippen molar-refractivity contribution < 1.29 is 13.7 Å². The van der Waals surface area contributed by atoms with Crippen LogP contribution in [0, 0.1) is 15.9 Å². The Morgan fingerprint density at radius 1 is 1.32 bits per heavy atom. The second-order valence-corrected chi connectivity index (χ2v) is 7.77. The molecular formula is C18H14FN7O4S. The van der Waals surface area contributed by atoms with Crippen molar-refractivity contribution in [1.29, 1.82) is 0 Å². The monoisotopic (exact) mass is 443 g/mol. The van der Waals surface area contributed by atoms with Crippen molar-refractivity contribution in [3.63, 3.8) is 0 Å². The van der Waals surface area contributed by atoms with E-state index in [4.69, 9.17) is 4.42 Å². The highest BCUT2D eigenvalue weighted by Gasteiger charge is 2.27. The molecule has 4 heterocycles. The smallest absolute Gasteiger partial charge is 0.396 e. The summed E-state index contributed by atoms with van der Waals surface area (Å²) in [6, 6.07) is 4.32. The maximum Gasteiger partial charge on any atom is 0.396 e. The summed E-state index contributed by atoms with van der Waals surface area (Å²) < 4.78 is 24.9. The fraction of sp³-hybridized carbons (Fsp3) is 0.222. The zero-order valence-electron chi connectivity index (χ0n) is 16.3. The Labute approximate surface area is 176 Å². The number of nitro groups is 1. The lowest BCUT2D eigenvalue weighted by atomic mass is 10.2. The van der Waals surface area contributed by atoms with Crippen molar-refractivity contribution in [2.24, 2.45) is 7.05 Å². The third kappa shape index (κ3) is 2.73. The number of furan rings is 1. The van der Waals surface area contributed by atoms with Gasteiger partial charge in [-0.25, -0.2) is 4.39 Å². The van der Waals surface area contributed by atoms with Gasteiger partial charge < -0.3 is 19.1 Å². The van der Waals surface area contributed by atoms with Crippen LogP contribution < -0.4 is 5.56 Å². The molecule has 0 saturated carbocycles. The predicted octanol–water partition coefficient (Wildman–Crippen LogP) is 3.13. The van der Waals surface area contributed by atoms with Gasteiger partial charge in [0.25, 0.3) is 5.56 Å². The Morgan fingerprint density at radius 3 is 2.87 bits per heavy atom. The molecule has 5 rings (SSSR count). The van der Waals surface area contributed by atoms with E-state index in [1.165, 1.54) is 32.0 Å². The summed E-state index contributed by atoms with van der Waals surface area (Å²) in [6.07, 6.45) is 1.96. The number of hydrogen-bond acceptors (Lipinski definition) is 8. The predicted molar refractivity (Wildman–Crippen MR) is 109 cm³/mol. The highest BCUT2D eigenvalue weighted by atomic mass is 32.2. The van der Waals surface area contributed by atoms with Crippen molar-refractivity contribution in [2.75, 3.05) is 0 Å². The molecule has 4 aromatic heterocycles. The van der Waals surface area contributed by atoms with Crippen LogP contribution >= 0.6 is 11.8 Å². The summed E-state index contributed by atoms with van der Waals surface area (Å²) in [7, 11) is 1.61. The second-order valence-electron chi connectivity index (χ2n) is 6.81. The molecule has 0 spiro atoms. The Morgan fingerprint density at radius 2 is 2.13 bits per heavy atom. The van der Waals surface area contributed by atoms with Gasteiger partial charge in [0.15, 0.2) is 5.03 Å². The molecule has 0 amide bonds. The molecule has 0 N–H and O–H groups in total. The van der Waals surface area contributed by atoms with Crippen LogP contribution in [0.25, 0.3) is 27.8 Å². The summed E-state index contributed by atoms with van der Waals surface area (Å²) in [5, 5.41) is 20.2. The Kier molecular flexibility index (Phi) is 4.28. The van der Waals surface area contributed by atoms with Crippen molar-refractivity contribution >= 4 is 45.4 Å². The number of rotatable bonds is 5. The molecule has 0 aliphatic carbocycles.